The van der Waals surface area contributed by atoms with Crippen molar-refractivity contribution in [2.45, 2.75) is 11.4 Å². The molecular weight excluding hydrogens is 413 g/mol. The van der Waals surface area contributed by atoms with E-state index in [1.54, 1.807) is 25.4 Å². The zero-order valence-corrected chi connectivity index (χ0v) is 16.2. The molecule has 7 nitrogen and oxygen atoms in total. The molecule has 0 fully saturated rings. The molecule has 1 aliphatic rings. The average molecular weight is 426 g/mol. The van der Waals surface area contributed by atoms with E-state index in [9.17, 15) is 13.2 Å². The van der Waals surface area contributed by atoms with E-state index in [2.05, 4.69) is 9.71 Å². The van der Waals surface area contributed by atoms with Crippen molar-refractivity contribution in [3.8, 4) is 5.75 Å². The van der Waals surface area contributed by atoms with Crippen molar-refractivity contribution in [3.63, 3.8) is 0 Å². The van der Waals surface area contributed by atoms with Gasteiger partial charge in [0.25, 0.3) is 10.0 Å². The molecule has 10 heteroatoms. The Labute approximate surface area is 164 Å². The van der Waals surface area contributed by atoms with E-state index in [1.165, 1.54) is 23.1 Å². The van der Waals surface area contributed by atoms with Crippen molar-refractivity contribution in [1.29, 1.82) is 0 Å². The Kier molecular flexibility index (Phi) is 4.21. The van der Waals surface area contributed by atoms with Gasteiger partial charge in [0.05, 0.1) is 32.7 Å². The number of aromatic amines is 1. The highest BCUT2D eigenvalue weighted by Crippen LogP contribution is 2.36. The number of rotatable bonds is 3. The monoisotopic (exact) mass is 425 g/mol. The van der Waals surface area contributed by atoms with E-state index in [0.29, 0.717) is 37.9 Å². The summed E-state index contributed by atoms with van der Waals surface area (Å²) >= 11 is 12.2. The van der Waals surface area contributed by atoms with Gasteiger partial charge < -0.3 is 14.6 Å². The molecule has 140 valence electrons. The Balaban J connectivity index is 1.72. The second-order valence-corrected chi connectivity index (χ2v) is 8.58. The van der Waals surface area contributed by atoms with Crippen LogP contribution in [0, 0.1) is 0 Å². The van der Waals surface area contributed by atoms with Gasteiger partial charge in [0.1, 0.15) is 5.75 Å². The highest BCUT2D eigenvalue weighted by Gasteiger charge is 2.25. The number of nitrogens with one attached hydrogen (secondary N) is 2. The van der Waals surface area contributed by atoms with Crippen molar-refractivity contribution < 1.29 is 17.9 Å². The second kappa shape index (κ2) is 6.33. The van der Waals surface area contributed by atoms with Gasteiger partial charge in [-0.15, -0.1) is 0 Å². The lowest BCUT2D eigenvalue weighted by Crippen LogP contribution is -2.33. The predicted molar refractivity (Wildman–Crippen MR) is 103 cm³/mol. The fourth-order valence-electron chi connectivity index (χ4n) is 2.90. The van der Waals surface area contributed by atoms with Gasteiger partial charge in [0.2, 0.25) is 0 Å². The zero-order chi connectivity index (χ0) is 19.3. The van der Waals surface area contributed by atoms with Crippen LogP contribution < -0.4 is 9.46 Å². The topological polar surface area (TPSA) is 91.5 Å². The van der Waals surface area contributed by atoms with Crippen LogP contribution >= 0.6 is 23.2 Å². The number of amides is 1. The van der Waals surface area contributed by atoms with Crippen molar-refractivity contribution in [2.24, 2.45) is 0 Å². The lowest BCUT2D eigenvalue weighted by atomic mass is 10.2. The number of hydrogen-bond acceptors (Lipinski definition) is 4. The normalized spacial score (nSPS) is 14.2. The first-order valence-electron chi connectivity index (χ1n) is 7.80. The summed E-state index contributed by atoms with van der Waals surface area (Å²) in [5.74, 6) is 0.349. The number of halogens is 2. The summed E-state index contributed by atoms with van der Waals surface area (Å²) in [7, 11) is -2.31. The summed E-state index contributed by atoms with van der Waals surface area (Å²) in [6, 6.07) is 7.47. The van der Waals surface area contributed by atoms with Gasteiger partial charge in [0.15, 0.2) is 0 Å². The minimum absolute atomic E-state index is 0.0494. The summed E-state index contributed by atoms with van der Waals surface area (Å²) in [4.78, 5) is 15.9. The van der Waals surface area contributed by atoms with Crippen molar-refractivity contribution >= 4 is 55.9 Å². The van der Waals surface area contributed by atoms with Crippen LogP contribution in [-0.4, -0.2) is 31.4 Å². The largest absolute Gasteiger partial charge is 0.415 e. The van der Waals surface area contributed by atoms with E-state index < -0.39 is 16.1 Å². The van der Waals surface area contributed by atoms with E-state index in [4.69, 9.17) is 27.9 Å². The van der Waals surface area contributed by atoms with Crippen LogP contribution in [0.3, 0.4) is 0 Å². The molecule has 0 bridgehead atoms. The zero-order valence-electron chi connectivity index (χ0n) is 13.9. The van der Waals surface area contributed by atoms with E-state index in [-0.39, 0.29) is 11.4 Å². The van der Waals surface area contributed by atoms with Gasteiger partial charge in [-0.3, -0.25) is 4.72 Å². The molecule has 0 aliphatic carbocycles. The minimum atomic E-state index is -3.89. The molecule has 0 spiro atoms. The number of carbonyl (C=O) groups is 1. The minimum Gasteiger partial charge on any atom is -0.410 e. The SMILES string of the molecule is CN1Cc2cc(S(=O)(=O)Nc3ccc(Cl)c4c(Cl)c[nH]c34)ccc2OC1=O. The summed E-state index contributed by atoms with van der Waals surface area (Å²) < 4.78 is 33.4. The Bertz CT molecular complexity index is 1190. The van der Waals surface area contributed by atoms with Gasteiger partial charge in [-0.25, -0.2) is 13.2 Å². The third-order valence-electron chi connectivity index (χ3n) is 4.24. The van der Waals surface area contributed by atoms with Gasteiger partial charge in [-0.2, -0.15) is 0 Å². The fourth-order valence-corrected chi connectivity index (χ4v) is 4.58. The maximum Gasteiger partial charge on any atom is 0.415 e. The van der Waals surface area contributed by atoms with Gasteiger partial charge in [0, 0.05) is 24.2 Å². The van der Waals surface area contributed by atoms with Crippen molar-refractivity contribution in [1.82, 2.24) is 9.88 Å². The molecule has 0 saturated carbocycles. The van der Waals surface area contributed by atoms with Crippen molar-refractivity contribution in [2.75, 3.05) is 11.8 Å². The molecule has 27 heavy (non-hydrogen) atoms. The lowest BCUT2D eigenvalue weighted by molar-refractivity contribution is 0.150. The number of H-pyrrole nitrogens is 1. The van der Waals surface area contributed by atoms with Crippen molar-refractivity contribution in [3.05, 3.63) is 52.1 Å². The first-order chi connectivity index (χ1) is 12.8. The fraction of sp³-hybridized carbons (Fsp3) is 0.118. The number of anilines is 1. The predicted octanol–water partition coefficient (Wildman–Crippen LogP) is 4.22. The summed E-state index contributed by atoms with van der Waals surface area (Å²) in [6.07, 6.45) is 1.06. The van der Waals surface area contributed by atoms with E-state index in [0.717, 1.165) is 0 Å². The first kappa shape index (κ1) is 18.0. The van der Waals surface area contributed by atoms with E-state index in [1.807, 2.05) is 0 Å². The number of ether oxygens (including phenoxy) is 1. The van der Waals surface area contributed by atoms with E-state index >= 15 is 0 Å². The highest BCUT2D eigenvalue weighted by molar-refractivity contribution is 7.92. The Morgan fingerprint density at radius 3 is 2.74 bits per heavy atom. The average Bonchev–Trinajstić information content (AvgIpc) is 3.01. The Hall–Kier alpha value is -2.42. The van der Waals surface area contributed by atoms with Crippen LogP contribution in [0.15, 0.2) is 41.4 Å². The van der Waals surface area contributed by atoms with Crippen LogP contribution in [0.1, 0.15) is 5.56 Å². The van der Waals surface area contributed by atoms with Gasteiger partial charge in [-0.05, 0) is 30.3 Å². The number of sulfonamides is 1. The number of benzene rings is 2. The molecule has 0 saturated heterocycles. The van der Waals surface area contributed by atoms with Crippen LogP contribution in [0.4, 0.5) is 10.5 Å². The van der Waals surface area contributed by atoms with Crippen LogP contribution in [0.25, 0.3) is 10.9 Å². The standard InChI is InChI=1S/C17H13Cl2N3O4S/c1-22-8-9-6-10(2-5-14(9)26-17(22)23)27(24,25)21-13-4-3-11(18)15-12(19)7-20-16(13)15/h2-7,20-21H,8H2,1H3. The number of nitrogens with zero attached hydrogens (tertiary/aromatic N) is 1. The molecular formula is C17H13Cl2N3O4S. The third kappa shape index (κ3) is 3.09. The summed E-state index contributed by atoms with van der Waals surface area (Å²) in [6.45, 7) is 0.259. The van der Waals surface area contributed by atoms with Crippen LogP contribution in [-0.2, 0) is 16.6 Å². The molecule has 3 aromatic rings. The Morgan fingerprint density at radius 1 is 1.19 bits per heavy atom. The van der Waals surface area contributed by atoms with Crippen LogP contribution in [0.2, 0.25) is 10.0 Å². The molecule has 1 aliphatic heterocycles. The number of aromatic nitrogens is 1. The van der Waals surface area contributed by atoms with Gasteiger partial charge >= 0.3 is 6.09 Å². The number of carbonyl (C=O) groups excluding carboxylic acids is 1. The molecule has 2 N–H and O–H groups in total. The highest BCUT2D eigenvalue weighted by atomic mass is 35.5. The second-order valence-electron chi connectivity index (χ2n) is 6.08. The summed E-state index contributed by atoms with van der Waals surface area (Å²) in [5.41, 5.74) is 1.41. The summed E-state index contributed by atoms with van der Waals surface area (Å²) in [5, 5.41) is 1.35. The molecule has 0 radical (unpaired) electrons. The van der Waals surface area contributed by atoms with Gasteiger partial charge in [-0.1, -0.05) is 23.2 Å². The molecule has 2 aromatic carbocycles. The Morgan fingerprint density at radius 2 is 1.96 bits per heavy atom. The molecule has 2 heterocycles. The quantitative estimate of drug-likeness (QED) is 0.656. The first-order valence-corrected chi connectivity index (χ1v) is 10.0. The third-order valence-corrected chi connectivity index (χ3v) is 6.22. The molecule has 0 atom stereocenters. The maximum atomic E-state index is 12.9. The molecule has 1 amide bonds. The maximum absolute atomic E-state index is 12.9. The molecule has 1 aromatic heterocycles. The smallest absolute Gasteiger partial charge is 0.410 e. The lowest BCUT2D eigenvalue weighted by Gasteiger charge is -2.24. The molecule has 4 rings (SSSR count). The number of fused-ring (bicyclic) bond motifs is 2. The molecule has 0 unspecified atom stereocenters. The van der Waals surface area contributed by atoms with Crippen LogP contribution in [0.5, 0.6) is 5.75 Å². The number of hydrogen-bond donors (Lipinski definition) is 2.